The molecule has 5 aromatic rings. The van der Waals surface area contributed by atoms with Gasteiger partial charge < -0.3 is 9.47 Å². The van der Waals surface area contributed by atoms with Crippen molar-refractivity contribution in [2.24, 2.45) is 0 Å². The minimum absolute atomic E-state index is 0.0275. The van der Waals surface area contributed by atoms with E-state index >= 15 is 0 Å². The highest BCUT2D eigenvalue weighted by Crippen LogP contribution is 2.24. The molecule has 0 unspecified atom stereocenters. The number of hydrogen-bond donors (Lipinski definition) is 0. The smallest absolute Gasteiger partial charge is 0.254 e. The van der Waals surface area contributed by atoms with E-state index in [4.69, 9.17) is 4.98 Å². The fourth-order valence-corrected chi connectivity index (χ4v) is 4.13. The summed E-state index contributed by atoms with van der Waals surface area (Å²) < 4.78 is 2.05. The first kappa shape index (κ1) is 19.2. The number of amides is 1. The minimum atomic E-state index is -0.0275. The Morgan fingerprint density at radius 3 is 2.58 bits per heavy atom. The van der Waals surface area contributed by atoms with E-state index in [1.165, 1.54) is 0 Å². The van der Waals surface area contributed by atoms with E-state index in [0.717, 1.165) is 39.5 Å². The van der Waals surface area contributed by atoms with Gasteiger partial charge in [0, 0.05) is 42.0 Å². The summed E-state index contributed by atoms with van der Waals surface area (Å²) in [5, 5.41) is 9.83. The maximum absolute atomic E-state index is 13.1. The lowest BCUT2D eigenvalue weighted by molar-refractivity contribution is 0.0708. The Balaban J connectivity index is 1.22. The summed E-state index contributed by atoms with van der Waals surface area (Å²) in [6, 6.07) is 19.5. The number of benzene rings is 2. The van der Waals surface area contributed by atoms with Crippen LogP contribution in [-0.2, 0) is 13.1 Å². The number of nitrogens with zero attached hydrogens (tertiary/aromatic N) is 7. The van der Waals surface area contributed by atoms with Crippen molar-refractivity contribution >= 4 is 16.8 Å². The number of hydrogen-bond acceptors (Lipinski definition) is 6. The molecule has 0 atom stereocenters. The van der Waals surface area contributed by atoms with Crippen LogP contribution < -0.4 is 0 Å². The molecule has 8 nitrogen and oxygen atoms in total. The number of para-hydroxylation sites is 1. The fraction of sp³-hybridized carbons (Fsp3) is 0.120. The van der Waals surface area contributed by atoms with Crippen molar-refractivity contribution in [3.8, 4) is 22.8 Å². The first-order valence-corrected chi connectivity index (χ1v) is 10.7. The molecule has 160 valence electrons. The molecule has 1 amide bonds. The van der Waals surface area contributed by atoms with Crippen molar-refractivity contribution in [2.75, 3.05) is 6.54 Å². The van der Waals surface area contributed by atoms with E-state index in [1.54, 1.807) is 23.5 Å². The van der Waals surface area contributed by atoms with E-state index in [2.05, 4.69) is 24.7 Å². The van der Waals surface area contributed by atoms with Gasteiger partial charge in [0.25, 0.3) is 5.91 Å². The summed E-state index contributed by atoms with van der Waals surface area (Å²) in [5.74, 6) is 1.47. The Morgan fingerprint density at radius 1 is 0.848 bits per heavy atom. The van der Waals surface area contributed by atoms with Crippen LogP contribution in [0, 0.1) is 0 Å². The van der Waals surface area contributed by atoms with Crippen molar-refractivity contribution in [1.82, 2.24) is 34.6 Å². The molecule has 33 heavy (non-hydrogen) atoms. The van der Waals surface area contributed by atoms with Crippen molar-refractivity contribution in [1.29, 1.82) is 0 Å². The van der Waals surface area contributed by atoms with Gasteiger partial charge in [-0.1, -0.05) is 36.4 Å². The summed E-state index contributed by atoms with van der Waals surface area (Å²) in [4.78, 5) is 28.1. The second kappa shape index (κ2) is 7.90. The third-order valence-electron chi connectivity index (χ3n) is 5.86. The summed E-state index contributed by atoms with van der Waals surface area (Å²) in [6.45, 7) is 1.61. The monoisotopic (exact) mass is 433 g/mol. The van der Waals surface area contributed by atoms with E-state index < -0.39 is 0 Å². The van der Waals surface area contributed by atoms with Crippen molar-refractivity contribution in [2.45, 2.75) is 13.1 Å². The molecule has 0 N–H and O–H groups in total. The number of aromatic nitrogens is 6. The average molecular weight is 433 g/mol. The Bertz CT molecular complexity index is 1460. The Kier molecular flexibility index (Phi) is 4.61. The van der Waals surface area contributed by atoms with Crippen LogP contribution in [0.1, 0.15) is 16.2 Å². The molecule has 0 radical (unpaired) electrons. The lowest BCUT2D eigenvalue weighted by atomic mass is 10.1. The molecule has 0 spiro atoms. The van der Waals surface area contributed by atoms with Crippen molar-refractivity contribution in [3.05, 3.63) is 90.6 Å². The molecular weight excluding hydrogens is 414 g/mol. The second-order valence-electron chi connectivity index (χ2n) is 7.88. The topological polar surface area (TPSA) is 89.7 Å². The molecule has 0 aliphatic carbocycles. The van der Waals surface area contributed by atoms with Gasteiger partial charge in [0.2, 0.25) is 0 Å². The Labute approximate surface area is 189 Å². The predicted molar refractivity (Wildman–Crippen MR) is 123 cm³/mol. The van der Waals surface area contributed by atoms with Crippen LogP contribution in [0.4, 0.5) is 0 Å². The summed E-state index contributed by atoms with van der Waals surface area (Å²) >= 11 is 0. The molecule has 2 aromatic carbocycles. The van der Waals surface area contributed by atoms with E-state index in [1.807, 2.05) is 60.7 Å². The van der Waals surface area contributed by atoms with Gasteiger partial charge in [-0.05, 0) is 24.3 Å². The van der Waals surface area contributed by atoms with Crippen molar-refractivity contribution < 1.29 is 4.79 Å². The summed E-state index contributed by atoms with van der Waals surface area (Å²) in [5.41, 5.74) is 4.03. The van der Waals surface area contributed by atoms with Gasteiger partial charge in [0.1, 0.15) is 5.69 Å². The van der Waals surface area contributed by atoms with Crippen LogP contribution in [0.3, 0.4) is 0 Å². The number of pyridine rings is 1. The largest absolute Gasteiger partial charge is 0.329 e. The van der Waals surface area contributed by atoms with Gasteiger partial charge in [-0.3, -0.25) is 14.8 Å². The highest BCUT2D eigenvalue weighted by Gasteiger charge is 2.26. The molecule has 8 heteroatoms. The Morgan fingerprint density at radius 2 is 1.73 bits per heavy atom. The van der Waals surface area contributed by atoms with Crippen LogP contribution >= 0.6 is 0 Å². The van der Waals surface area contributed by atoms with E-state index in [0.29, 0.717) is 25.2 Å². The molecule has 6 rings (SSSR count). The minimum Gasteiger partial charge on any atom is -0.329 e. The number of carbonyl (C=O) groups excluding carboxylic acids is 1. The first-order chi connectivity index (χ1) is 16.3. The SMILES string of the molecule is O=C(c1ccc(-c2cnccn2)cc1)N1CCn2c(nnc2-c2ccc3ccccc3n2)C1. The average Bonchev–Trinajstić information content (AvgIpc) is 3.32. The summed E-state index contributed by atoms with van der Waals surface area (Å²) in [6.07, 6.45) is 4.99. The molecule has 0 bridgehead atoms. The molecule has 0 fully saturated rings. The first-order valence-electron chi connectivity index (χ1n) is 10.7. The number of fused-ring (bicyclic) bond motifs is 2. The zero-order valence-electron chi connectivity index (χ0n) is 17.7. The van der Waals surface area contributed by atoms with Crippen LogP contribution in [-0.4, -0.2) is 47.1 Å². The van der Waals surface area contributed by atoms with Crippen LogP contribution in [0.5, 0.6) is 0 Å². The third kappa shape index (κ3) is 3.51. The normalized spacial score (nSPS) is 13.2. The second-order valence-corrected chi connectivity index (χ2v) is 7.88. The molecule has 0 saturated heterocycles. The van der Waals surface area contributed by atoms with Crippen molar-refractivity contribution in [3.63, 3.8) is 0 Å². The summed E-state index contributed by atoms with van der Waals surface area (Å²) in [7, 11) is 0. The van der Waals surface area contributed by atoms with Gasteiger partial charge in [-0.2, -0.15) is 0 Å². The highest BCUT2D eigenvalue weighted by molar-refractivity contribution is 5.94. The van der Waals surface area contributed by atoms with Gasteiger partial charge in [0.15, 0.2) is 11.6 Å². The molecule has 1 aliphatic rings. The standard InChI is InChI=1S/C25H19N7O/c33-25(19-7-5-18(6-8-19)22-15-26-11-12-27-22)31-13-14-32-23(16-31)29-30-24(32)21-10-9-17-3-1-2-4-20(17)28-21/h1-12,15H,13-14,16H2. The lowest BCUT2D eigenvalue weighted by Crippen LogP contribution is -2.38. The number of carbonyl (C=O) groups is 1. The zero-order chi connectivity index (χ0) is 22.2. The van der Waals surface area contributed by atoms with Gasteiger partial charge in [-0.15, -0.1) is 10.2 Å². The molecule has 3 aromatic heterocycles. The molecule has 1 aliphatic heterocycles. The fourth-order valence-electron chi connectivity index (χ4n) is 4.13. The Hall–Kier alpha value is -4.46. The molecule has 4 heterocycles. The zero-order valence-corrected chi connectivity index (χ0v) is 17.7. The lowest BCUT2D eigenvalue weighted by Gasteiger charge is -2.28. The quantitative estimate of drug-likeness (QED) is 0.432. The molecule has 0 saturated carbocycles. The van der Waals surface area contributed by atoms with Crippen LogP contribution in [0.15, 0.2) is 79.3 Å². The molecular formula is C25H19N7O. The van der Waals surface area contributed by atoms with Gasteiger partial charge >= 0.3 is 0 Å². The maximum atomic E-state index is 13.1. The van der Waals surface area contributed by atoms with Crippen LogP contribution in [0.25, 0.3) is 33.7 Å². The van der Waals surface area contributed by atoms with Crippen LogP contribution in [0.2, 0.25) is 0 Å². The van der Waals surface area contributed by atoms with E-state index in [9.17, 15) is 4.79 Å². The van der Waals surface area contributed by atoms with Gasteiger partial charge in [-0.25, -0.2) is 4.98 Å². The van der Waals surface area contributed by atoms with E-state index in [-0.39, 0.29) is 5.91 Å². The van der Waals surface area contributed by atoms with Gasteiger partial charge in [0.05, 0.1) is 24.0 Å². The predicted octanol–water partition coefficient (Wildman–Crippen LogP) is 3.61. The highest BCUT2D eigenvalue weighted by atomic mass is 16.2. The maximum Gasteiger partial charge on any atom is 0.254 e. The number of rotatable bonds is 3. The third-order valence-corrected chi connectivity index (χ3v) is 5.86.